The van der Waals surface area contributed by atoms with Gasteiger partial charge in [-0.25, -0.2) is 0 Å². The summed E-state index contributed by atoms with van der Waals surface area (Å²) in [6.07, 6.45) is 1.73. The first-order valence-corrected chi connectivity index (χ1v) is 4.01. The van der Waals surface area contributed by atoms with Gasteiger partial charge in [-0.05, 0) is 0 Å². The van der Waals surface area contributed by atoms with Crippen LogP contribution in [-0.2, 0) is 12.4 Å². The van der Waals surface area contributed by atoms with Crippen molar-refractivity contribution in [2.45, 2.75) is 5.28 Å². The third kappa shape index (κ3) is 3.17. The lowest BCUT2D eigenvalue weighted by Gasteiger charge is -1.99. The average Bonchev–Trinajstić information content (AvgIpc) is 1.83. The molecule has 0 amide bonds. The predicted molar refractivity (Wildman–Crippen MR) is 30.3 cm³/mol. The van der Waals surface area contributed by atoms with Crippen LogP contribution in [0.15, 0.2) is 0 Å². The Labute approximate surface area is 53.6 Å². The van der Waals surface area contributed by atoms with Crippen molar-refractivity contribution < 1.29 is 12.4 Å². The highest BCUT2D eigenvalue weighted by molar-refractivity contribution is 6.47. The van der Waals surface area contributed by atoms with Gasteiger partial charge < -0.3 is 7.58 Å². The SMILES string of the molecule is C[O][Al]([CH2][C]=O)[O]C. The normalized spacial score (nSPS) is 8.75. The first-order chi connectivity index (χ1) is 3.85. The standard InChI is InChI=1S/C2H2O.2CH3O.Al/c1-2-3;2*1-2;/h1H2;2*1H3;/q;2*-1;+2. The van der Waals surface area contributed by atoms with Gasteiger partial charge in [0.25, 0.3) is 0 Å². The molecule has 0 aromatic rings. The van der Waals surface area contributed by atoms with Crippen LogP contribution in [0.4, 0.5) is 0 Å². The molecular weight excluding hydrogens is 123 g/mol. The van der Waals surface area contributed by atoms with E-state index in [0.29, 0.717) is 5.28 Å². The predicted octanol–water partition coefficient (Wildman–Crippen LogP) is -0.123. The van der Waals surface area contributed by atoms with E-state index < -0.39 is 14.8 Å². The Morgan fingerprint density at radius 1 is 1.50 bits per heavy atom. The molecule has 0 fully saturated rings. The fourth-order valence-electron chi connectivity index (χ4n) is 0.331. The van der Waals surface area contributed by atoms with Gasteiger partial charge in [0.2, 0.25) is 0 Å². The van der Waals surface area contributed by atoms with Gasteiger partial charge in [0, 0.05) is 19.5 Å². The van der Waals surface area contributed by atoms with E-state index in [2.05, 4.69) is 0 Å². The molecule has 0 spiro atoms. The molecule has 0 unspecified atom stereocenters. The second-order valence-corrected chi connectivity index (χ2v) is 3.46. The van der Waals surface area contributed by atoms with E-state index in [0.717, 1.165) is 0 Å². The van der Waals surface area contributed by atoms with Gasteiger partial charge in [-0.15, -0.1) is 0 Å². The zero-order chi connectivity index (χ0) is 6.41. The third-order valence-corrected chi connectivity index (χ3v) is 2.33. The second kappa shape index (κ2) is 5.26. The Morgan fingerprint density at radius 3 is 2.12 bits per heavy atom. The van der Waals surface area contributed by atoms with E-state index in [9.17, 15) is 4.79 Å². The summed E-state index contributed by atoms with van der Waals surface area (Å²) >= 11 is -1.62. The van der Waals surface area contributed by atoms with Gasteiger partial charge in [0.15, 0.2) is 6.29 Å². The Morgan fingerprint density at radius 2 is 2.00 bits per heavy atom. The van der Waals surface area contributed by atoms with Crippen LogP contribution in [0.5, 0.6) is 0 Å². The van der Waals surface area contributed by atoms with Gasteiger partial charge in [0.1, 0.15) is 0 Å². The molecule has 0 saturated heterocycles. The maximum atomic E-state index is 9.68. The Balaban J connectivity index is 3.20. The molecule has 3 nitrogen and oxygen atoms in total. The lowest BCUT2D eigenvalue weighted by atomic mass is 10.9. The van der Waals surface area contributed by atoms with Crippen molar-refractivity contribution >= 4 is 21.1 Å². The van der Waals surface area contributed by atoms with Gasteiger partial charge in [0.05, 0.1) is 0 Å². The highest BCUT2D eigenvalue weighted by atomic mass is 27.2. The van der Waals surface area contributed by atoms with E-state index in [1.807, 2.05) is 0 Å². The lowest BCUT2D eigenvalue weighted by molar-refractivity contribution is 0.281. The number of carbonyl (C=O) groups excluding carboxylic acids is 1. The average molecular weight is 131 g/mol. The highest BCUT2D eigenvalue weighted by Crippen LogP contribution is 1.88. The summed E-state index contributed by atoms with van der Waals surface area (Å²) in [5.41, 5.74) is 0. The smallest absolute Gasteiger partial charge is 0.481 e. The van der Waals surface area contributed by atoms with Gasteiger partial charge in [-0.3, -0.25) is 4.79 Å². The summed E-state index contributed by atoms with van der Waals surface area (Å²) in [5, 5.41) is 0.312. The quantitative estimate of drug-likeness (QED) is 0.499. The second-order valence-electron chi connectivity index (χ2n) is 1.25. The van der Waals surface area contributed by atoms with Gasteiger partial charge >= 0.3 is 14.8 Å². The van der Waals surface area contributed by atoms with E-state index in [1.54, 1.807) is 6.29 Å². The fraction of sp³-hybridized carbons (Fsp3) is 0.750. The maximum absolute atomic E-state index is 9.68. The van der Waals surface area contributed by atoms with Crippen LogP contribution in [0, 0.1) is 0 Å². The molecule has 0 rings (SSSR count). The van der Waals surface area contributed by atoms with Crippen molar-refractivity contribution in [1.82, 2.24) is 0 Å². The molecule has 4 heteroatoms. The number of hydrogen-bond acceptors (Lipinski definition) is 3. The summed E-state index contributed by atoms with van der Waals surface area (Å²) in [6, 6.07) is 0. The number of hydrogen-bond donors (Lipinski definition) is 0. The Hall–Kier alpha value is 0.122. The fourth-order valence-corrected chi connectivity index (χ4v) is 0.993. The maximum Gasteiger partial charge on any atom is 0.682 e. The molecule has 0 aromatic carbocycles. The van der Waals surface area contributed by atoms with Crippen molar-refractivity contribution in [3.63, 3.8) is 0 Å². The first-order valence-electron chi connectivity index (χ1n) is 2.25. The zero-order valence-electron chi connectivity index (χ0n) is 5.01. The van der Waals surface area contributed by atoms with Crippen LogP contribution in [-0.4, -0.2) is 35.3 Å². The molecule has 8 heavy (non-hydrogen) atoms. The van der Waals surface area contributed by atoms with E-state index >= 15 is 0 Å². The lowest BCUT2D eigenvalue weighted by Crippen LogP contribution is -2.18. The van der Waals surface area contributed by atoms with Crippen molar-refractivity contribution in [2.24, 2.45) is 0 Å². The molecule has 0 aliphatic carbocycles. The molecule has 45 valence electrons. The minimum absolute atomic E-state index is 0.312. The molecular formula is C4H8AlO3. The number of rotatable bonds is 4. The summed E-state index contributed by atoms with van der Waals surface area (Å²) in [7, 11) is 3.08. The zero-order valence-corrected chi connectivity index (χ0v) is 6.16. The van der Waals surface area contributed by atoms with Crippen LogP contribution >= 0.6 is 0 Å². The monoisotopic (exact) mass is 131 g/mol. The third-order valence-electron chi connectivity index (χ3n) is 0.776. The molecule has 0 aliphatic heterocycles. The summed E-state index contributed by atoms with van der Waals surface area (Å²) in [5.74, 6) is 0. The molecule has 0 saturated carbocycles. The largest absolute Gasteiger partial charge is 0.682 e. The van der Waals surface area contributed by atoms with Crippen LogP contribution < -0.4 is 0 Å². The molecule has 0 atom stereocenters. The topological polar surface area (TPSA) is 35.5 Å². The van der Waals surface area contributed by atoms with Gasteiger partial charge in [-0.1, -0.05) is 0 Å². The van der Waals surface area contributed by atoms with Crippen LogP contribution in [0.25, 0.3) is 0 Å². The Kier molecular flexibility index (Phi) is 5.34. The van der Waals surface area contributed by atoms with E-state index in [-0.39, 0.29) is 0 Å². The summed E-state index contributed by atoms with van der Waals surface area (Å²) < 4.78 is 9.59. The molecule has 1 radical (unpaired) electrons. The van der Waals surface area contributed by atoms with Gasteiger partial charge in [-0.2, -0.15) is 0 Å². The van der Waals surface area contributed by atoms with Crippen molar-refractivity contribution in [3.8, 4) is 0 Å². The summed E-state index contributed by atoms with van der Waals surface area (Å²) in [6.45, 7) is 0. The Bertz CT molecular complexity index is 62.3. The van der Waals surface area contributed by atoms with Crippen LogP contribution in [0.1, 0.15) is 0 Å². The van der Waals surface area contributed by atoms with Crippen molar-refractivity contribution in [3.05, 3.63) is 0 Å². The molecule has 0 N–H and O–H groups in total. The van der Waals surface area contributed by atoms with Crippen LogP contribution in [0.2, 0.25) is 5.28 Å². The van der Waals surface area contributed by atoms with E-state index in [4.69, 9.17) is 7.58 Å². The van der Waals surface area contributed by atoms with Crippen molar-refractivity contribution in [1.29, 1.82) is 0 Å². The highest BCUT2D eigenvalue weighted by Gasteiger charge is 2.20. The van der Waals surface area contributed by atoms with E-state index in [1.165, 1.54) is 14.2 Å². The summed E-state index contributed by atoms with van der Waals surface area (Å²) in [4.78, 5) is 9.68. The molecule has 0 aromatic heterocycles. The minimum Gasteiger partial charge on any atom is -0.481 e. The molecule has 0 heterocycles. The minimum atomic E-state index is -1.62. The molecule has 0 bridgehead atoms. The first kappa shape index (κ1) is 8.12. The van der Waals surface area contributed by atoms with Crippen LogP contribution in [0.3, 0.4) is 0 Å². The molecule has 0 aliphatic rings. The van der Waals surface area contributed by atoms with Crippen molar-refractivity contribution in [2.75, 3.05) is 14.2 Å².